The van der Waals surface area contributed by atoms with E-state index in [-0.39, 0.29) is 36.7 Å². The molecule has 7 heteroatoms. The molecule has 1 unspecified atom stereocenters. The van der Waals surface area contributed by atoms with Crippen LogP contribution in [-0.2, 0) is 4.79 Å². The highest BCUT2D eigenvalue weighted by atomic mass is 35.5. The Morgan fingerprint density at radius 1 is 1.35 bits per heavy atom. The zero-order valence-electron chi connectivity index (χ0n) is 13.0. The Hall–Kier alpha value is -1.66. The van der Waals surface area contributed by atoms with E-state index in [9.17, 15) is 14.0 Å². The Kier molecular flexibility index (Phi) is 7.98. The third-order valence-electron chi connectivity index (χ3n) is 3.87. The monoisotopic (exact) mass is 343 g/mol. The fraction of sp³-hybridized carbons (Fsp3) is 0.500. The van der Waals surface area contributed by atoms with E-state index >= 15 is 0 Å². The number of nitrogens with zero attached hydrogens (tertiary/aromatic N) is 1. The van der Waals surface area contributed by atoms with Gasteiger partial charge in [0.05, 0.1) is 0 Å². The van der Waals surface area contributed by atoms with Crippen LogP contribution >= 0.6 is 12.4 Å². The van der Waals surface area contributed by atoms with E-state index in [0.29, 0.717) is 25.2 Å². The lowest BCUT2D eigenvalue weighted by atomic mass is 10.0. The molecule has 0 saturated carbocycles. The largest absolute Gasteiger partial charge is 0.354 e. The molecule has 2 rings (SSSR count). The zero-order valence-corrected chi connectivity index (χ0v) is 13.8. The number of amides is 2. The van der Waals surface area contributed by atoms with Gasteiger partial charge in [-0.25, -0.2) is 4.39 Å². The molecule has 1 aromatic carbocycles. The summed E-state index contributed by atoms with van der Waals surface area (Å²) in [7, 11) is 0. The van der Waals surface area contributed by atoms with Crippen molar-refractivity contribution >= 4 is 24.2 Å². The van der Waals surface area contributed by atoms with Crippen LogP contribution in [0.25, 0.3) is 0 Å². The third-order valence-corrected chi connectivity index (χ3v) is 3.87. The minimum atomic E-state index is -0.421. The normalized spacial score (nSPS) is 17.3. The molecule has 0 aliphatic carbocycles. The highest BCUT2D eigenvalue weighted by molar-refractivity contribution is 5.94. The van der Waals surface area contributed by atoms with Gasteiger partial charge in [-0.15, -0.1) is 12.4 Å². The van der Waals surface area contributed by atoms with Gasteiger partial charge in [-0.2, -0.15) is 0 Å². The lowest BCUT2D eigenvalue weighted by molar-refractivity contribution is -0.121. The molecule has 1 aliphatic rings. The molecule has 128 valence electrons. The van der Waals surface area contributed by atoms with E-state index in [2.05, 4.69) is 5.32 Å². The molecule has 1 heterocycles. The number of rotatable bonds is 5. The van der Waals surface area contributed by atoms with Crippen LogP contribution < -0.4 is 11.1 Å². The summed E-state index contributed by atoms with van der Waals surface area (Å²) in [5.41, 5.74) is 5.69. The smallest absolute Gasteiger partial charge is 0.254 e. The average molecular weight is 344 g/mol. The number of hydrogen-bond donors (Lipinski definition) is 2. The van der Waals surface area contributed by atoms with E-state index in [1.54, 1.807) is 11.0 Å². The maximum Gasteiger partial charge on any atom is 0.254 e. The van der Waals surface area contributed by atoms with E-state index in [1.165, 1.54) is 18.2 Å². The number of halogens is 2. The van der Waals surface area contributed by atoms with Gasteiger partial charge in [0, 0.05) is 37.7 Å². The van der Waals surface area contributed by atoms with Gasteiger partial charge in [-0.1, -0.05) is 6.07 Å². The summed E-state index contributed by atoms with van der Waals surface area (Å²) in [6.45, 7) is 1.36. The maximum atomic E-state index is 13.3. The number of likely N-dealkylation sites (tertiary alicyclic amines) is 1. The minimum Gasteiger partial charge on any atom is -0.354 e. The van der Waals surface area contributed by atoms with Crippen LogP contribution in [0.1, 0.15) is 36.0 Å². The van der Waals surface area contributed by atoms with Crippen molar-refractivity contribution < 1.29 is 14.0 Å². The first-order valence-corrected chi connectivity index (χ1v) is 7.65. The first kappa shape index (κ1) is 19.4. The molecule has 5 nitrogen and oxygen atoms in total. The van der Waals surface area contributed by atoms with Crippen molar-refractivity contribution in [3.63, 3.8) is 0 Å². The predicted octanol–water partition coefficient (Wildman–Crippen LogP) is 1.71. The van der Waals surface area contributed by atoms with Crippen molar-refractivity contribution in [2.75, 3.05) is 19.6 Å². The average Bonchev–Trinajstić information content (AvgIpc) is 2.53. The Morgan fingerprint density at radius 2 is 2.13 bits per heavy atom. The lowest BCUT2D eigenvalue weighted by Gasteiger charge is -2.36. The van der Waals surface area contributed by atoms with Gasteiger partial charge in [0.2, 0.25) is 5.91 Å². The second-order valence-corrected chi connectivity index (χ2v) is 5.50. The summed E-state index contributed by atoms with van der Waals surface area (Å²) in [4.78, 5) is 25.8. The van der Waals surface area contributed by atoms with Crippen LogP contribution in [-0.4, -0.2) is 42.4 Å². The number of carbonyl (C=O) groups excluding carboxylic acids is 2. The van der Waals surface area contributed by atoms with E-state index < -0.39 is 5.82 Å². The van der Waals surface area contributed by atoms with Crippen molar-refractivity contribution in [3.05, 3.63) is 35.6 Å². The van der Waals surface area contributed by atoms with Crippen molar-refractivity contribution in [3.8, 4) is 0 Å². The number of nitrogens with two attached hydrogens (primary N) is 1. The fourth-order valence-electron chi connectivity index (χ4n) is 2.72. The van der Waals surface area contributed by atoms with Gasteiger partial charge in [0.25, 0.3) is 5.91 Å². The zero-order chi connectivity index (χ0) is 15.9. The summed E-state index contributed by atoms with van der Waals surface area (Å²) in [5.74, 6) is -0.709. The number of hydrogen-bond acceptors (Lipinski definition) is 3. The predicted molar refractivity (Wildman–Crippen MR) is 89.0 cm³/mol. The molecule has 0 bridgehead atoms. The molecule has 0 spiro atoms. The quantitative estimate of drug-likeness (QED) is 0.854. The van der Waals surface area contributed by atoms with Crippen LogP contribution in [0.4, 0.5) is 4.39 Å². The van der Waals surface area contributed by atoms with Gasteiger partial charge < -0.3 is 16.0 Å². The van der Waals surface area contributed by atoms with Crippen LogP contribution in [0.15, 0.2) is 24.3 Å². The SMILES string of the molecule is Cl.NCCC(=O)NCC1CCCCN1C(=O)c1cccc(F)c1. The Bertz CT molecular complexity index is 542. The molecule has 1 fully saturated rings. The van der Waals surface area contributed by atoms with Crippen molar-refractivity contribution in [2.24, 2.45) is 5.73 Å². The third kappa shape index (κ3) is 5.48. The van der Waals surface area contributed by atoms with E-state index in [0.717, 1.165) is 19.3 Å². The van der Waals surface area contributed by atoms with Gasteiger partial charge in [0.1, 0.15) is 5.82 Å². The second-order valence-electron chi connectivity index (χ2n) is 5.50. The van der Waals surface area contributed by atoms with Gasteiger partial charge in [-0.3, -0.25) is 9.59 Å². The van der Waals surface area contributed by atoms with Crippen molar-refractivity contribution in [2.45, 2.75) is 31.7 Å². The van der Waals surface area contributed by atoms with Crippen LogP contribution in [0, 0.1) is 5.82 Å². The molecule has 0 aromatic heterocycles. The Morgan fingerprint density at radius 3 is 2.83 bits per heavy atom. The molecule has 1 aliphatic heterocycles. The molecule has 1 atom stereocenters. The molecule has 2 amide bonds. The van der Waals surface area contributed by atoms with Crippen LogP contribution in [0.5, 0.6) is 0 Å². The second kappa shape index (κ2) is 9.47. The molecule has 23 heavy (non-hydrogen) atoms. The summed E-state index contributed by atoms with van der Waals surface area (Å²) < 4.78 is 13.3. The van der Waals surface area contributed by atoms with Gasteiger partial charge in [0.15, 0.2) is 0 Å². The van der Waals surface area contributed by atoms with Crippen LogP contribution in [0.2, 0.25) is 0 Å². The molecular formula is C16H23ClFN3O2. The molecule has 1 saturated heterocycles. The molecule has 0 radical (unpaired) electrons. The minimum absolute atomic E-state index is 0. The highest BCUT2D eigenvalue weighted by Crippen LogP contribution is 2.19. The standard InChI is InChI=1S/C16H22FN3O2.ClH/c17-13-5-3-4-12(10-13)16(22)20-9-2-1-6-14(20)11-19-15(21)7-8-18;/h3-5,10,14H,1-2,6-9,11,18H2,(H,19,21);1H. The molecule has 1 aromatic rings. The first-order valence-electron chi connectivity index (χ1n) is 7.65. The number of benzene rings is 1. The topological polar surface area (TPSA) is 75.4 Å². The fourth-order valence-corrected chi connectivity index (χ4v) is 2.72. The van der Waals surface area contributed by atoms with Gasteiger partial charge >= 0.3 is 0 Å². The lowest BCUT2D eigenvalue weighted by Crippen LogP contribution is -2.49. The summed E-state index contributed by atoms with van der Waals surface area (Å²) in [6, 6.07) is 5.67. The highest BCUT2D eigenvalue weighted by Gasteiger charge is 2.27. The Labute approximate surface area is 141 Å². The number of piperidine rings is 1. The van der Waals surface area contributed by atoms with Crippen molar-refractivity contribution in [1.82, 2.24) is 10.2 Å². The summed E-state index contributed by atoms with van der Waals surface area (Å²) in [6.07, 6.45) is 3.06. The summed E-state index contributed by atoms with van der Waals surface area (Å²) in [5, 5.41) is 2.81. The number of carbonyl (C=O) groups is 2. The van der Waals surface area contributed by atoms with Gasteiger partial charge in [-0.05, 0) is 37.5 Å². The van der Waals surface area contributed by atoms with Crippen molar-refractivity contribution in [1.29, 1.82) is 0 Å². The maximum absolute atomic E-state index is 13.3. The van der Waals surface area contributed by atoms with Crippen LogP contribution in [0.3, 0.4) is 0 Å². The number of nitrogens with one attached hydrogen (secondary N) is 1. The Balaban J connectivity index is 0.00000264. The van der Waals surface area contributed by atoms with E-state index in [4.69, 9.17) is 5.73 Å². The summed E-state index contributed by atoms with van der Waals surface area (Å²) >= 11 is 0. The first-order chi connectivity index (χ1) is 10.6. The molecular weight excluding hydrogens is 321 g/mol. The van der Waals surface area contributed by atoms with E-state index in [1.807, 2.05) is 0 Å². The molecule has 3 N–H and O–H groups in total.